The van der Waals surface area contributed by atoms with Crippen LogP contribution in [-0.2, 0) is 33.8 Å². The largest absolute Gasteiger partial charge is 0.392 e. The van der Waals surface area contributed by atoms with Gasteiger partial charge in [0.05, 0.1) is 38.1 Å². The van der Waals surface area contributed by atoms with Crippen LogP contribution in [0.4, 0.5) is 5.69 Å². The zero-order valence-electron chi connectivity index (χ0n) is 22.3. The molecular formula is C31H29Cl2N3O5. The maximum Gasteiger partial charge on any atom is 0.228 e. The van der Waals surface area contributed by atoms with Gasteiger partial charge in [-0.15, -0.1) is 0 Å². The molecule has 3 atom stereocenters. The molecule has 1 amide bonds. The van der Waals surface area contributed by atoms with E-state index in [2.05, 4.69) is 10.3 Å². The van der Waals surface area contributed by atoms with Crippen LogP contribution < -0.4 is 5.32 Å². The first kappa shape index (κ1) is 29.0. The quantitative estimate of drug-likeness (QED) is 0.220. The Bertz CT molecular complexity index is 1520. The Kier molecular flexibility index (Phi) is 9.17. The third kappa shape index (κ3) is 7.22. The Labute approximate surface area is 247 Å². The lowest BCUT2D eigenvalue weighted by Gasteiger charge is -2.36. The summed E-state index contributed by atoms with van der Waals surface area (Å²) in [5.74, 6) is -0.252. The van der Waals surface area contributed by atoms with Crippen LogP contribution in [0.15, 0.2) is 79.1 Å². The van der Waals surface area contributed by atoms with Gasteiger partial charge in [0.25, 0.3) is 0 Å². The van der Waals surface area contributed by atoms with Crippen molar-refractivity contribution < 1.29 is 24.2 Å². The van der Waals surface area contributed by atoms with E-state index in [1.54, 1.807) is 35.2 Å². The van der Waals surface area contributed by atoms with E-state index in [1.165, 1.54) is 6.92 Å². The normalized spacial score (nSPS) is 18.7. The number of imidazole rings is 1. The van der Waals surface area contributed by atoms with E-state index < -0.39 is 6.29 Å². The van der Waals surface area contributed by atoms with Gasteiger partial charge in [-0.3, -0.25) is 9.59 Å². The van der Waals surface area contributed by atoms with Gasteiger partial charge in [-0.2, -0.15) is 0 Å². The lowest BCUT2D eigenvalue weighted by molar-refractivity contribution is -0.252. The van der Waals surface area contributed by atoms with E-state index in [4.69, 9.17) is 32.7 Å². The van der Waals surface area contributed by atoms with Crippen molar-refractivity contribution in [2.24, 2.45) is 0 Å². The Morgan fingerprint density at radius 3 is 2.37 bits per heavy atom. The summed E-state index contributed by atoms with van der Waals surface area (Å²) < 4.78 is 14.5. The summed E-state index contributed by atoms with van der Waals surface area (Å²) in [6.45, 7) is 1.89. The summed E-state index contributed by atoms with van der Waals surface area (Å²) in [6, 6.07) is 22.0. The zero-order valence-corrected chi connectivity index (χ0v) is 23.8. The highest BCUT2D eigenvalue weighted by Crippen LogP contribution is 2.39. The first-order chi connectivity index (χ1) is 19.8. The maximum absolute atomic E-state index is 12.7. The molecule has 0 saturated carbocycles. The van der Waals surface area contributed by atoms with E-state index >= 15 is 0 Å². The number of carbonyl (C=O) groups is 2. The van der Waals surface area contributed by atoms with Crippen molar-refractivity contribution in [3.63, 3.8) is 0 Å². The zero-order chi connectivity index (χ0) is 28.9. The molecule has 8 nitrogen and oxygen atoms in total. The van der Waals surface area contributed by atoms with Crippen molar-refractivity contribution in [2.45, 2.75) is 51.4 Å². The number of hydrogen-bond donors (Lipinski definition) is 2. The van der Waals surface area contributed by atoms with E-state index in [9.17, 15) is 14.7 Å². The molecule has 0 aliphatic carbocycles. The van der Waals surface area contributed by atoms with Crippen molar-refractivity contribution >= 4 is 40.6 Å². The first-order valence-corrected chi connectivity index (χ1v) is 13.9. The average molecular weight is 594 g/mol. The number of ether oxygens (including phenoxy) is 2. The molecule has 10 heteroatoms. The molecule has 3 aromatic carbocycles. The maximum atomic E-state index is 12.7. The number of nitrogens with zero attached hydrogens (tertiary/aromatic N) is 2. The van der Waals surface area contributed by atoms with Crippen molar-refractivity contribution in [2.75, 3.05) is 5.32 Å². The van der Waals surface area contributed by atoms with Gasteiger partial charge in [0.1, 0.15) is 5.15 Å². The molecule has 212 valence electrons. The summed E-state index contributed by atoms with van der Waals surface area (Å²) in [4.78, 5) is 28.4. The minimum absolute atomic E-state index is 0.0325. The summed E-state index contributed by atoms with van der Waals surface area (Å²) in [7, 11) is 0. The fourth-order valence-electron chi connectivity index (χ4n) is 4.72. The number of benzene rings is 3. The number of Topliss-reactive ketones (excluding diaryl/α,β-unsaturated/α-hetero) is 1. The van der Waals surface area contributed by atoms with Crippen molar-refractivity contribution in [3.05, 3.63) is 117 Å². The second-order valence-corrected chi connectivity index (χ2v) is 10.6. The number of nitrogens with one attached hydrogen (secondary N) is 1. The second kappa shape index (κ2) is 13.0. The molecule has 1 saturated heterocycles. The molecule has 1 fully saturated rings. The van der Waals surface area contributed by atoms with E-state index in [0.717, 1.165) is 22.3 Å². The highest BCUT2D eigenvalue weighted by Gasteiger charge is 2.33. The molecule has 2 heterocycles. The van der Waals surface area contributed by atoms with Gasteiger partial charge in [-0.1, -0.05) is 83.9 Å². The molecule has 4 aromatic rings. The van der Waals surface area contributed by atoms with E-state index in [1.807, 2.05) is 48.5 Å². The summed E-state index contributed by atoms with van der Waals surface area (Å²) in [6.07, 6.45) is 1.14. The fraction of sp³-hybridized carbons (Fsp3) is 0.258. The predicted octanol–water partition coefficient (Wildman–Crippen LogP) is 6.31. The highest BCUT2D eigenvalue weighted by atomic mass is 35.5. The van der Waals surface area contributed by atoms with Crippen LogP contribution in [0, 0.1) is 0 Å². The monoisotopic (exact) mass is 593 g/mol. The van der Waals surface area contributed by atoms with Crippen LogP contribution in [0.1, 0.15) is 58.4 Å². The molecule has 41 heavy (non-hydrogen) atoms. The molecular weight excluding hydrogens is 565 g/mol. The summed E-state index contributed by atoms with van der Waals surface area (Å²) >= 11 is 12.4. The molecule has 5 rings (SSSR count). The second-order valence-electron chi connectivity index (χ2n) is 9.93. The number of aliphatic hydroxyl groups is 1. The third-order valence-corrected chi connectivity index (χ3v) is 7.69. The lowest BCUT2D eigenvalue weighted by atomic mass is 9.99. The summed E-state index contributed by atoms with van der Waals surface area (Å²) in [5, 5.41) is 12.9. The van der Waals surface area contributed by atoms with Crippen LogP contribution in [0.5, 0.6) is 0 Å². The van der Waals surface area contributed by atoms with Crippen LogP contribution >= 0.6 is 23.2 Å². The molecule has 1 aliphatic rings. The Hall–Kier alpha value is -3.53. The van der Waals surface area contributed by atoms with Gasteiger partial charge in [0, 0.05) is 23.2 Å². The van der Waals surface area contributed by atoms with E-state index in [-0.39, 0.29) is 42.1 Å². The number of anilines is 1. The highest BCUT2D eigenvalue weighted by molar-refractivity contribution is 6.40. The molecule has 0 bridgehead atoms. The smallest absolute Gasteiger partial charge is 0.228 e. The van der Waals surface area contributed by atoms with E-state index in [0.29, 0.717) is 29.4 Å². The number of carbonyl (C=O) groups excluding carboxylic acids is 2. The first-order valence-electron chi connectivity index (χ1n) is 13.2. The molecule has 0 spiro atoms. The molecule has 1 aromatic heterocycles. The number of halogens is 2. The van der Waals surface area contributed by atoms with Crippen molar-refractivity contribution in [3.8, 4) is 0 Å². The van der Waals surface area contributed by atoms with Crippen molar-refractivity contribution in [1.82, 2.24) is 9.55 Å². The average Bonchev–Trinajstić information content (AvgIpc) is 3.29. The lowest BCUT2D eigenvalue weighted by Crippen LogP contribution is -2.32. The number of ketones is 1. The molecule has 1 unspecified atom stereocenters. The number of aliphatic hydroxyl groups excluding tert-OH is 1. The van der Waals surface area contributed by atoms with Crippen molar-refractivity contribution in [1.29, 1.82) is 0 Å². The number of amides is 1. The van der Waals surface area contributed by atoms with Gasteiger partial charge in [-0.25, -0.2) is 4.98 Å². The Balaban J connectivity index is 1.29. The van der Waals surface area contributed by atoms with Gasteiger partial charge < -0.3 is 24.5 Å². The molecule has 0 radical (unpaired) electrons. The van der Waals surface area contributed by atoms with Gasteiger partial charge >= 0.3 is 0 Å². The predicted molar refractivity (Wildman–Crippen MR) is 156 cm³/mol. The van der Waals surface area contributed by atoms with Crippen LogP contribution in [0.3, 0.4) is 0 Å². The Morgan fingerprint density at radius 1 is 1.00 bits per heavy atom. The number of hydrogen-bond acceptors (Lipinski definition) is 6. The number of rotatable bonds is 9. The number of aromatic nitrogens is 2. The topological polar surface area (TPSA) is 103 Å². The standard InChI is InChI=1S/C31H29Cl2N3O5/c1-19(38)24-3-2-4-25(14-24)35-28(39)13-20-5-11-23(12-6-20)31-40-26(16-36-18-34-29(32)30(36)33)15-27(41-31)22-9-7-21(17-37)8-10-22/h2-12,14,18,26-27,31,37H,13,15-17H2,1H3,(H,35,39)/t26-,27+,31?/m0/s1. The van der Waals surface area contributed by atoms with Gasteiger partial charge in [0.15, 0.2) is 17.2 Å². The summed E-state index contributed by atoms with van der Waals surface area (Å²) in [5.41, 5.74) is 4.53. The Morgan fingerprint density at radius 2 is 1.71 bits per heavy atom. The SMILES string of the molecule is CC(=O)c1cccc(NC(=O)Cc2ccc(C3O[C@H](Cn4cnc(Cl)c4Cl)C[C@H](c4ccc(CO)cc4)O3)cc2)c1. The van der Waals surface area contributed by atoms with Crippen LogP contribution in [0.25, 0.3) is 0 Å². The molecule has 1 aliphatic heterocycles. The molecule has 2 N–H and O–H groups in total. The minimum Gasteiger partial charge on any atom is -0.392 e. The third-order valence-electron chi connectivity index (χ3n) is 6.92. The van der Waals surface area contributed by atoms with Crippen LogP contribution in [0.2, 0.25) is 10.3 Å². The van der Waals surface area contributed by atoms with Gasteiger partial charge in [-0.05, 0) is 35.7 Å². The van der Waals surface area contributed by atoms with Gasteiger partial charge in [0.2, 0.25) is 5.91 Å². The fourth-order valence-corrected chi connectivity index (χ4v) is 5.04. The minimum atomic E-state index is -0.661. The van der Waals surface area contributed by atoms with Crippen LogP contribution in [-0.4, -0.2) is 32.5 Å².